The number of rotatable bonds is 15. The highest BCUT2D eigenvalue weighted by Crippen LogP contribution is 2.33. The monoisotopic (exact) mass is 741 g/mol. The maximum Gasteiger partial charge on any atom is 0.439 e. The zero-order valence-corrected chi connectivity index (χ0v) is 31.7. The Morgan fingerprint density at radius 2 is 1.63 bits per heavy atom. The quantitative estimate of drug-likeness (QED) is 0.137. The molecule has 0 spiro atoms. The Labute approximate surface area is 315 Å². The molecule has 14 nitrogen and oxygen atoms in total. The standard InChI is InChI=1S/C40H51N7O7/c1-40(2,3)53-38(50)43-24-27-9-13-30(14-10-27)37(49)47(32-18-15-29(16-19-32)36-44-39(51)54-45-36)33(35(41)48)23-26-7-11-28(12-8-26)31-17-20-34(42-25-31)52-22-6-21-46(4)5/h7-8,11-12,15-20,25,27,30,33H,6,9-10,13-14,21-24H2,1-5H3,(H2,41,48)(H,43,50)(H,44,45,51)/t27?,30?,33-/m0/s1. The van der Waals surface area contributed by atoms with Gasteiger partial charge in [-0.15, -0.1) is 0 Å². The largest absolute Gasteiger partial charge is 0.478 e. The van der Waals surface area contributed by atoms with E-state index in [4.69, 9.17) is 15.2 Å². The molecular formula is C40H51N7O7. The molecule has 1 atom stereocenters. The molecule has 2 heterocycles. The van der Waals surface area contributed by atoms with Gasteiger partial charge in [-0.25, -0.2) is 14.6 Å². The number of alkyl carbamates (subject to hydrolysis) is 1. The third kappa shape index (κ3) is 11.3. The van der Waals surface area contributed by atoms with Gasteiger partial charge in [-0.05, 0) is 114 Å². The van der Waals surface area contributed by atoms with Gasteiger partial charge in [0, 0.05) is 54.5 Å². The number of anilines is 1. The Kier molecular flexibility index (Phi) is 13.2. The zero-order valence-electron chi connectivity index (χ0n) is 31.7. The van der Waals surface area contributed by atoms with Crippen molar-refractivity contribution in [3.05, 3.63) is 83.0 Å². The SMILES string of the molecule is CN(C)CCCOc1ccc(-c2ccc(C[C@@H](C(N)=O)N(C(=O)C3CCC(CNC(=O)OC(C)(C)C)CC3)c3ccc(-c4noc(=O)[nH]4)cc3)cc2)cn1. The molecule has 5 rings (SSSR count). The number of H-pyrrole nitrogens is 1. The van der Waals surface area contributed by atoms with Gasteiger partial charge in [-0.1, -0.05) is 29.4 Å². The Balaban J connectivity index is 1.31. The first-order valence-electron chi connectivity index (χ1n) is 18.3. The van der Waals surface area contributed by atoms with Crippen molar-refractivity contribution in [2.45, 2.75) is 70.9 Å². The van der Waals surface area contributed by atoms with Crippen molar-refractivity contribution >= 4 is 23.6 Å². The van der Waals surface area contributed by atoms with E-state index in [0.717, 1.165) is 42.5 Å². The van der Waals surface area contributed by atoms with Gasteiger partial charge in [-0.2, -0.15) is 0 Å². The number of nitrogens with zero attached hydrogens (tertiary/aromatic N) is 4. The van der Waals surface area contributed by atoms with Crippen LogP contribution in [0.3, 0.4) is 0 Å². The van der Waals surface area contributed by atoms with Crippen LogP contribution in [-0.4, -0.2) is 83.4 Å². The summed E-state index contributed by atoms with van der Waals surface area (Å²) in [6.07, 6.45) is 5.01. The molecule has 4 N–H and O–H groups in total. The third-order valence-electron chi connectivity index (χ3n) is 9.32. The van der Waals surface area contributed by atoms with E-state index in [1.54, 1.807) is 30.5 Å². The Morgan fingerprint density at radius 1 is 0.963 bits per heavy atom. The molecule has 288 valence electrons. The highest BCUT2D eigenvalue weighted by Gasteiger charge is 2.36. The van der Waals surface area contributed by atoms with E-state index >= 15 is 0 Å². The smallest absolute Gasteiger partial charge is 0.439 e. The molecular weight excluding hydrogens is 690 g/mol. The van der Waals surface area contributed by atoms with Crippen molar-refractivity contribution in [1.29, 1.82) is 0 Å². The molecule has 3 amide bonds. The summed E-state index contributed by atoms with van der Waals surface area (Å²) in [5, 5.41) is 6.60. The van der Waals surface area contributed by atoms with Crippen LogP contribution < -0.4 is 26.4 Å². The van der Waals surface area contributed by atoms with Crippen LogP contribution in [0.2, 0.25) is 0 Å². The van der Waals surface area contributed by atoms with Crippen LogP contribution >= 0.6 is 0 Å². The molecule has 0 radical (unpaired) electrons. The highest BCUT2D eigenvalue weighted by atomic mass is 16.6. The fourth-order valence-electron chi connectivity index (χ4n) is 6.52. The fraction of sp³-hybridized carbons (Fsp3) is 0.450. The van der Waals surface area contributed by atoms with Crippen molar-refractivity contribution < 1.29 is 28.4 Å². The first-order chi connectivity index (χ1) is 25.8. The molecule has 1 aliphatic rings. The van der Waals surface area contributed by atoms with E-state index < -0.39 is 29.4 Å². The number of aromatic nitrogens is 3. The number of nitrogens with two attached hydrogens (primary N) is 1. The third-order valence-corrected chi connectivity index (χ3v) is 9.32. The van der Waals surface area contributed by atoms with Crippen molar-refractivity contribution in [2.75, 3.05) is 38.7 Å². The number of nitrogens with one attached hydrogen (secondary N) is 2. The minimum absolute atomic E-state index is 0.187. The summed E-state index contributed by atoms with van der Waals surface area (Å²) in [6.45, 7) is 7.42. The molecule has 1 fully saturated rings. The van der Waals surface area contributed by atoms with Gasteiger partial charge in [0.05, 0.1) is 6.61 Å². The molecule has 0 aliphatic heterocycles. The van der Waals surface area contributed by atoms with Gasteiger partial charge in [0.1, 0.15) is 11.6 Å². The van der Waals surface area contributed by atoms with E-state index in [1.807, 2.05) is 71.3 Å². The summed E-state index contributed by atoms with van der Waals surface area (Å²) in [5.41, 5.74) is 9.21. The zero-order chi connectivity index (χ0) is 38.8. The highest BCUT2D eigenvalue weighted by molar-refractivity contribution is 6.01. The number of pyridine rings is 1. The summed E-state index contributed by atoms with van der Waals surface area (Å²) < 4.78 is 15.8. The number of hydrogen-bond donors (Lipinski definition) is 3. The predicted octanol–water partition coefficient (Wildman–Crippen LogP) is 5.18. The van der Waals surface area contributed by atoms with Crippen LogP contribution in [0.5, 0.6) is 5.88 Å². The van der Waals surface area contributed by atoms with Crippen LogP contribution in [0, 0.1) is 11.8 Å². The van der Waals surface area contributed by atoms with E-state index in [2.05, 4.69) is 29.9 Å². The number of amides is 3. The lowest BCUT2D eigenvalue weighted by molar-refractivity contribution is -0.127. The lowest BCUT2D eigenvalue weighted by Gasteiger charge is -2.36. The number of carbonyl (C=O) groups excluding carboxylic acids is 3. The number of aromatic amines is 1. The molecule has 54 heavy (non-hydrogen) atoms. The molecule has 1 saturated carbocycles. The van der Waals surface area contributed by atoms with Crippen LogP contribution in [0.15, 0.2) is 76.2 Å². The lowest BCUT2D eigenvalue weighted by atomic mass is 9.81. The topological polar surface area (TPSA) is 186 Å². The minimum atomic E-state index is -0.988. The molecule has 0 saturated heterocycles. The number of ether oxygens (including phenoxy) is 2. The average Bonchev–Trinajstić information content (AvgIpc) is 3.58. The van der Waals surface area contributed by atoms with Crippen LogP contribution in [0.25, 0.3) is 22.5 Å². The van der Waals surface area contributed by atoms with Crippen LogP contribution in [0.4, 0.5) is 10.5 Å². The van der Waals surface area contributed by atoms with E-state index in [1.165, 1.54) is 4.90 Å². The van der Waals surface area contributed by atoms with Crippen molar-refractivity contribution in [3.63, 3.8) is 0 Å². The molecule has 2 aromatic carbocycles. The Hall–Kier alpha value is -5.50. The van der Waals surface area contributed by atoms with Gasteiger partial charge in [0.25, 0.3) is 0 Å². The molecule has 4 aromatic rings. The molecule has 14 heteroatoms. The maximum atomic E-state index is 14.4. The molecule has 0 unspecified atom stereocenters. The van der Waals surface area contributed by atoms with Crippen molar-refractivity contribution in [1.82, 2.24) is 25.3 Å². The summed E-state index contributed by atoms with van der Waals surface area (Å²) >= 11 is 0. The Morgan fingerprint density at radius 3 is 2.20 bits per heavy atom. The van der Waals surface area contributed by atoms with Gasteiger partial charge in [-0.3, -0.25) is 24.0 Å². The number of hydrogen-bond acceptors (Lipinski definition) is 10. The second kappa shape index (κ2) is 18.0. The lowest BCUT2D eigenvalue weighted by Crippen LogP contribution is -2.52. The Bertz CT molecular complexity index is 1890. The van der Waals surface area contributed by atoms with Gasteiger partial charge >= 0.3 is 11.8 Å². The van der Waals surface area contributed by atoms with Gasteiger partial charge < -0.3 is 25.4 Å². The summed E-state index contributed by atoms with van der Waals surface area (Å²) in [6, 6.07) is 17.4. The molecule has 1 aliphatic carbocycles. The number of benzene rings is 2. The average molecular weight is 742 g/mol. The van der Waals surface area contributed by atoms with Crippen LogP contribution in [-0.2, 0) is 20.7 Å². The van der Waals surface area contributed by atoms with Crippen molar-refractivity contribution in [2.24, 2.45) is 17.6 Å². The first-order valence-corrected chi connectivity index (χ1v) is 18.3. The summed E-state index contributed by atoms with van der Waals surface area (Å²) in [5.74, 6) is -0.883. The van der Waals surface area contributed by atoms with E-state index in [0.29, 0.717) is 43.1 Å². The van der Waals surface area contributed by atoms with E-state index in [-0.39, 0.29) is 30.0 Å². The van der Waals surface area contributed by atoms with Crippen LogP contribution in [0.1, 0.15) is 58.4 Å². The first kappa shape index (κ1) is 39.7. The molecule has 2 aromatic heterocycles. The normalized spacial score (nSPS) is 16.4. The minimum Gasteiger partial charge on any atom is -0.478 e. The van der Waals surface area contributed by atoms with Gasteiger partial charge in [0.2, 0.25) is 17.7 Å². The second-order valence-corrected chi connectivity index (χ2v) is 15.0. The summed E-state index contributed by atoms with van der Waals surface area (Å²) in [7, 11) is 4.05. The summed E-state index contributed by atoms with van der Waals surface area (Å²) in [4.78, 5) is 62.0. The maximum absolute atomic E-state index is 14.4. The van der Waals surface area contributed by atoms with E-state index in [9.17, 15) is 19.2 Å². The fourth-order valence-corrected chi connectivity index (χ4v) is 6.52. The van der Waals surface area contributed by atoms with Crippen molar-refractivity contribution in [3.8, 4) is 28.4 Å². The predicted molar refractivity (Wildman–Crippen MR) is 205 cm³/mol. The second-order valence-electron chi connectivity index (χ2n) is 15.0. The molecule has 0 bridgehead atoms. The number of primary amides is 1. The number of carbonyl (C=O) groups is 3. The van der Waals surface area contributed by atoms with Gasteiger partial charge in [0.15, 0.2) is 5.82 Å².